The van der Waals surface area contributed by atoms with E-state index in [0.29, 0.717) is 10.0 Å². The lowest BCUT2D eigenvalue weighted by Crippen LogP contribution is -2.18. The molecule has 0 aliphatic heterocycles. The second-order valence-electron chi connectivity index (χ2n) is 4.46. The molecule has 0 radical (unpaired) electrons. The zero-order chi connectivity index (χ0) is 13.8. The molecule has 0 fully saturated rings. The van der Waals surface area contributed by atoms with Gasteiger partial charge in [-0.3, -0.25) is 0 Å². The Morgan fingerprint density at radius 1 is 1.11 bits per heavy atom. The van der Waals surface area contributed by atoms with Crippen LogP contribution in [-0.2, 0) is 6.42 Å². The van der Waals surface area contributed by atoms with Crippen LogP contribution in [0.2, 0.25) is 10.0 Å². The lowest BCUT2D eigenvalue weighted by atomic mass is 9.96. The quantitative estimate of drug-likeness (QED) is 0.848. The van der Waals surface area contributed by atoms with Crippen molar-refractivity contribution in [2.75, 3.05) is 7.05 Å². The van der Waals surface area contributed by atoms with E-state index in [4.69, 9.17) is 23.2 Å². The van der Waals surface area contributed by atoms with Crippen LogP contribution in [0.25, 0.3) is 0 Å². The van der Waals surface area contributed by atoms with E-state index in [1.54, 1.807) is 0 Å². The Kier molecular flexibility index (Phi) is 4.87. The third-order valence-electron chi connectivity index (χ3n) is 3.27. The highest BCUT2D eigenvalue weighted by atomic mass is 35.5. The molecule has 100 valence electrons. The smallest absolute Gasteiger partial charge is 0.0643 e. The van der Waals surface area contributed by atoms with Crippen molar-refractivity contribution >= 4 is 23.2 Å². The van der Waals surface area contributed by atoms with Crippen LogP contribution in [0.4, 0.5) is 0 Å². The van der Waals surface area contributed by atoms with Gasteiger partial charge in [0.25, 0.3) is 0 Å². The van der Waals surface area contributed by atoms with Crippen molar-refractivity contribution in [3.63, 3.8) is 0 Å². The van der Waals surface area contributed by atoms with E-state index in [1.165, 1.54) is 11.1 Å². The van der Waals surface area contributed by atoms with Crippen molar-refractivity contribution in [1.82, 2.24) is 5.32 Å². The summed E-state index contributed by atoms with van der Waals surface area (Å²) < 4.78 is 0. The van der Waals surface area contributed by atoms with Gasteiger partial charge in [0.1, 0.15) is 0 Å². The molecule has 1 N–H and O–H groups in total. The summed E-state index contributed by atoms with van der Waals surface area (Å²) in [7, 11) is 1.93. The molecule has 1 atom stereocenters. The monoisotopic (exact) mass is 293 g/mol. The Balaban J connectivity index is 2.46. The van der Waals surface area contributed by atoms with E-state index >= 15 is 0 Å². The minimum atomic E-state index is 0.0534. The molecule has 0 saturated carbocycles. The molecular formula is C16H17Cl2N. The first-order valence-electron chi connectivity index (χ1n) is 6.37. The van der Waals surface area contributed by atoms with Crippen LogP contribution in [-0.4, -0.2) is 7.05 Å². The van der Waals surface area contributed by atoms with Crippen molar-refractivity contribution in [2.24, 2.45) is 0 Å². The van der Waals surface area contributed by atoms with Gasteiger partial charge < -0.3 is 5.32 Å². The SMILES string of the molecule is CCc1cccc(C(NC)c2cccc(Cl)c2Cl)c1. The summed E-state index contributed by atoms with van der Waals surface area (Å²) in [5.41, 5.74) is 3.52. The van der Waals surface area contributed by atoms with Gasteiger partial charge >= 0.3 is 0 Å². The average molecular weight is 294 g/mol. The molecule has 0 amide bonds. The Labute approximate surface area is 124 Å². The molecule has 1 nitrogen and oxygen atoms in total. The van der Waals surface area contributed by atoms with Crippen LogP contribution in [0.15, 0.2) is 42.5 Å². The zero-order valence-corrected chi connectivity index (χ0v) is 12.6. The number of nitrogens with one attached hydrogen (secondary N) is 1. The van der Waals surface area contributed by atoms with Gasteiger partial charge in [-0.2, -0.15) is 0 Å². The Morgan fingerprint density at radius 3 is 2.53 bits per heavy atom. The summed E-state index contributed by atoms with van der Waals surface area (Å²) in [6.45, 7) is 2.15. The van der Waals surface area contributed by atoms with Crippen molar-refractivity contribution in [3.05, 3.63) is 69.2 Å². The minimum Gasteiger partial charge on any atom is -0.309 e. The maximum atomic E-state index is 6.32. The van der Waals surface area contributed by atoms with E-state index in [0.717, 1.165) is 12.0 Å². The highest BCUT2D eigenvalue weighted by Crippen LogP contribution is 2.33. The van der Waals surface area contributed by atoms with Crippen molar-refractivity contribution in [2.45, 2.75) is 19.4 Å². The van der Waals surface area contributed by atoms with E-state index in [9.17, 15) is 0 Å². The fourth-order valence-corrected chi connectivity index (χ4v) is 2.65. The lowest BCUT2D eigenvalue weighted by Gasteiger charge is -2.19. The zero-order valence-electron chi connectivity index (χ0n) is 11.1. The second-order valence-corrected chi connectivity index (χ2v) is 5.25. The van der Waals surface area contributed by atoms with Gasteiger partial charge in [-0.05, 0) is 36.2 Å². The summed E-state index contributed by atoms with van der Waals surface area (Å²) in [6, 6.07) is 14.3. The summed E-state index contributed by atoms with van der Waals surface area (Å²) >= 11 is 12.4. The maximum Gasteiger partial charge on any atom is 0.0643 e. The molecular weight excluding hydrogens is 277 g/mol. The maximum absolute atomic E-state index is 6.32. The molecule has 1 unspecified atom stereocenters. The molecule has 0 aliphatic rings. The van der Waals surface area contributed by atoms with Gasteiger partial charge in [-0.15, -0.1) is 0 Å². The topological polar surface area (TPSA) is 12.0 Å². The summed E-state index contributed by atoms with van der Waals surface area (Å²) in [6.07, 6.45) is 1.02. The average Bonchev–Trinajstić information content (AvgIpc) is 2.44. The van der Waals surface area contributed by atoms with E-state index in [1.807, 2.05) is 25.2 Å². The number of benzene rings is 2. The van der Waals surface area contributed by atoms with Gasteiger partial charge in [0, 0.05) is 0 Å². The van der Waals surface area contributed by atoms with Crippen LogP contribution >= 0.6 is 23.2 Å². The third kappa shape index (κ3) is 3.11. The number of rotatable bonds is 4. The third-order valence-corrected chi connectivity index (χ3v) is 4.11. The normalized spacial score (nSPS) is 12.4. The predicted molar refractivity (Wildman–Crippen MR) is 83.2 cm³/mol. The van der Waals surface area contributed by atoms with Gasteiger partial charge in [0.05, 0.1) is 16.1 Å². The largest absolute Gasteiger partial charge is 0.309 e. The van der Waals surface area contributed by atoms with Crippen LogP contribution < -0.4 is 5.32 Å². The molecule has 0 heterocycles. The number of hydrogen-bond acceptors (Lipinski definition) is 1. The highest BCUT2D eigenvalue weighted by Gasteiger charge is 2.16. The Bertz CT molecular complexity index is 566. The fraction of sp³-hybridized carbons (Fsp3) is 0.250. The van der Waals surface area contributed by atoms with Crippen LogP contribution in [0.5, 0.6) is 0 Å². The summed E-state index contributed by atoms with van der Waals surface area (Å²) in [5, 5.41) is 4.52. The van der Waals surface area contributed by atoms with Crippen molar-refractivity contribution in [1.29, 1.82) is 0 Å². The highest BCUT2D eigenvalue weighted by molar-refractivity contribution is 6.42. The van der Waals surface area contributed by atoms with E-state index < -0.39 is 0 Å². The first-order chi connectivity index (χ1) is 9.17. The van der Waals surface area contributed by atoms with Crippen LogP contribution in [0.1, 0.15) is 29.7 Å². The number of hydrogen-bond donors (Lipinski definition) is 1. The fourth-order valence-electron chi connectivity index (χ4n) is 2.24. The molecule has 2 aromatic carbocycles. The van der Waals surface area contributed by atoms with Crippen LogP contribution in [0, 0.1) is 0 Å². The van der Waals surface area contributed by atoms with Gasteiger partial charge in [0.2, 0.25) is 0 Å². The van der Waals surface area contributed by atoms with Gasteiger partial charge in [-0.25, -0.2) is 0 Å². The van der Waals surface area contributed by atoms with Crippen molar-refractivity contribution in [3.8, 4) is 0 Å². The first kappa shape index (κ1) is 14.4. The van der Waals surface area contributed by atoms with Gasteiger partial charge in [-0.1, -0.05) is 66.5 Å². The molecule has 19 heavy (non-hydrogen) atoms. The second kappa shape index (κ2) is 6.42. The van der Waals surface area contributed by atoms with E-state index in [2.05, 4.69) is 36.5 Å². The molecule has 0 aromatic heterocycles. The molecule has 2 aromatic rings. The minimum absolute atomic E-state index is 0.0534. The van der Waals surface area contributed by atoms with E-state index in [-0.39, 0.29) is 6.04 Å². The molecule has 2 rings (SSSR count). The predicted octanol–water partition coefficient (Wildman–Crippen LogP) is 4.86. The molecule has 0 bridgehead atoms. The summed E-state index contributed by atoms with van der Waals surface area (Å²) in [4.78, 5) is 0. The standard InChI is InChI=1S/C16H17Cl2N/c1-3-11-6-4-7-12(10-11)16(19-2)13-8-5-9-14(17)15(13)18/h4-10,16,19H,3H2,1-2H3. The lowest BCUT2D eigenvalue weighted by molar-refractivity contribution is 0.691. The van der Waals surface area contributed by atoms with Crippen LogP contribution in [0.3, 0.4) is 0 Å². The molecule has 3 heteroatoms. The van der Waals surface area contributed by atoms with Crippen molar-refractivity contribution < 1.29 is 0 Å². The summed E-state index contributed by atoms with van der Waals surface area (Å²) in [5.74, 6) is 0. The molecule has 0 spiro atoms. The number of aryl methyl sites for hydroxylation is 1. The number of halogens is 2. The molecule has 0 saturated heterocycles. The Morgan fingerprint density at radius 2 is 1.84 bits per heavy atom. The molecule has 0 aliphatic carbocycles. The Hall–Kier alpha value is -1.02. The van der Waals surface area contributed by atoms with Gasteiger partial charge in [0.15, 0.2) is 0 Å². The first-order valence-corrected chi connectivity index (χ1v) is 7.13.